The van der Waals surface area contributed by atoms with Crippen LogP contribution in [0.5, 0.6) is 5.75 Å². The quantitative estimate of drug-likeness (QED) is 0.636. The van der Waals surface area contributed by atoms with Crippen LogP contribution in [0, 0.1) is 6.92 Å². The van der Waals surface area contributed by atoms with Crippen molar-refractivity contribution in [2.75, 3.05) is 19.8 Å². The van der Waals surface area contributed by atoms with Gasteiger partial charge < -0.3 is 20.5 Å². The maximum atomic E-state index is 11.5. The molecule has 1 unspecified atom stereocenters. The van der Waals surface area contributed by atoms with Gasteiger partial charge in [-0.3, -0.25) is 0 Å². The molecular weight excluding hydrogens is 256 g/mol. The molecule has 112 valence electrons. The van der Waals surface area contributed by atoms with E-state index in [9.17, 15) is 4.79 Å². The second-order valence-corrected chi connectivity index (χ2v) is 4.70. The predicted octanol–water partition coefficient (Wildman–Crippen LogP) is 1.83. The molecule has 0 bridgehead atoms. The molecule has 20 heavy (non-hydrogen) atoms. The summed E-state index contributed by atoms with van der Waals surface area (Å²) in [6.07, 6.45) is 1.44. The Kier molecular flexibility index (Phi) is 7.50. The summed E-state index contributed by atoms with van der Waals surface area (Å²) in [5, 5.41) is 14.4. The summed E-state index contributed by atoms with van der Waals surface area (Å²) in [4.78, 5) is 11.5. The highest BCUT2D eigenvalue weighted by molar-refractivity contribution is 5.74. The van der Waals surface area contributed by atoms with Crippen LogP contribution in [-0.4, -0.2) is 36.9 Å². The van der Waals surface area contributed by atoms with E-state index < -0.39 is 0 Å². The summed E-state index contributed by atoms with van der Waals surface area (Å²) in [5.74, 6) is 0.839. The third-order valence-electron chi connectivity index (χ3n) is 2.94. The van der Waals surface area contributed by atoms with Crippen molar-refractivity contribution in [2.24, 2.45) is 0 Å². The second kappa shape index (κ2) is 9.20. The molecule has 0 radical (unpaired) electrons. The predicted molar refractivity (Wildman–Crippen MR) is 79.0 cm³/mol. The zero-order valence-electron chi connectivity index (χ0n) is 12.2. The van der Waals surface area contributed by atoms with Gasteiger partial charge in [0.2, 0.25) is 0 Å². The van der Waals surface area contributed by atoms with Crippen molar-refractivity contribution in [2.45, 2.75) is 32.7 Å². The van der Waals surface area contributed by atoms with Crippen LogP contribution in [0.4, 0.5) is 4.79 Å². The largest absolute Gasteiger partial charge is 0.494 e. The van der Waals surface area contributed by atoms with Crippen molar-refractivity contribution >= 4 is 6.03 Å². The lowest BCUT2D eigenvalue weighted by Gasteiger charge is -2.14. The molecular formula is C15H24N2O3. The lowest BCUT2D eigenvalue weighted by molar-refractivity contribution is 0.213. The van der Waals surface area contributed by atoms with Crippen molar-refractivity contribution in [3.8, 4) is 5.75 Å². The van der Waals surface area contributed by atoms with Crippen molar-refractivity contribution in [3.63, 3.8) is 0 Å². The highest BCUT2D eigenvalue weighted by atomic mass is 16.5. The van der Waals surface area contributed by atoms with E-state index in [1.54, 1.807) is 0 Å². The first-order chi connectivity index (χ1) is 9.65. The second-order valence-electron chi connectivity index (χ2n) is 4.70. The van der Waals surface area contributed by atoms with Gasteiger partial charge in [-0.2, -0.15) is 0 Å². The number of hydrogen-bond donors (Lipinski definition) is 3. The first-order valence-electron chi connectivity index (χ1n) is 7.00. The Morgan fingerprint density at radius 3 is 2.65 bits per heavy atom. The third kappa shape index (κ3) is 6.43. The van der Waals surface area contributed by atoms with E-state index >= 15 is 0 Å². The molecule has 3 N–H and O–H groups in total. The lowest BCUT2D eigenvalue weighted by atomic mass is 10.2. The topological polar surface area (TPSA) is 70.6 Å². The highest BCUT2D eigenvalue weighted by Gasteiger charge is 2.07. The fourth-order valence-electron chi connectivity index (χ4n) is 1.61. The van der Waals surface area contributed by atoms with E-state index in [-0.39, 0.29) is 18.7 Å². The van der Waals surface area contributed by atoms with Crippen molar-refractivity contribution in [1.82, 2.24) is 10.6 Å². The monoisotopic (exact) mass is 280 g/mol. The number of benzene rings is 1. The minimum Gasteiger partial charge on any atom is -0.494 e. The molecule has 5 nitrogen and oxygen atoms in total. The van der Waals surface area contributed by atoms with Crippen LogP contribution in [-0.2, 0) is 0 Å². The summed E-state index contributed by atoms with van der Waals surface area (Å²) in [5.41, 5.74) is 1.20. The zero-order valence-corrected chi connectivity index (χ0v) is 12.2. The van der Waals surface area contributed by atoms with E-state index in [1.165, 1.54) is 5.56 Å². The Hall–Kier alpha value is -1.75. The summed E-state index contributed by atoms with van der Waals surface area (Å²) in [6.45, 7) is 5.00. The van der Waals surface area contributed by atoms with Crippen LogP contribution >= 0.6 is 0 Å². The number of ether oxygens (including phenoxy) is 1. The molecule has 1 rings (SSSR count). The summed E-state index contributed by atoms with van der Waals surface area (Å²) in [6, 6.07) is 7.44. The third-order valence-corrected chi connectivity index (χ3v) is 2.94. The van der Waals surface area contributed by atoms with Crippen LogP contribution in [0.3, 0.4) is 0 Å². The van der Waals surface area contributed by atoms with Gasteiger partial charge in [0.1, 0.15) is 5.75 Å². The Bertz CT molecular complexity index is 389. The molecule has 1 aromatic carbocycles. The van der Waals surface area contributed by atoms with Gasteiger partial charge in [-0.15, -0.1) is 0 Å². The molecule has 0 saturated carbocycles. The van der Waals surface area contributed by atoms with Gasteiger partial charge in [-0.25, -0.2) is 4.79 Å². The number of carbonyl (C=O) groups excluding carboxylic acids is 1. The molecule has 0 fully saturated rings. The van der Waals surface area contributed by atoms with E-state index in [0.29, 0.717) is 19.6 Å². The molecule has 5 heteroatoms. The maximum absolute atomic E-state index is 11.5. The van der Waals surface area contributed by atoms with Crippen molar-refractivity contribution < 1.29 is 14.6 Å². The molecule has 0 aliphatic heterocycles. The number of carbonyl (C=O) groups is 1. The van der Waals surface area contributed by atoms with Crippen LogP contribution in [0.2, 0.25) is 0 Å². The van der Waals surface area contributed by atoms with Crippen LogP contribution in [0.1, 0.15) is 25.3 Å². The van der Waals surface area contributed by atoms with Crippen LogP contribution in [0.15, 0.2) is 24.3 Å². The Balaban J connectivity index is 2.09. The fourth-order valence-corrected chi connectivity index (χ4v) is 1.61. The Morgan fingerprint density at radius 1 is 1.35 bits per heavy atom. The zero-order chi connectivity index (χ0) is 14.8. The van der Waals surface area contributed by atoms with Gasteiger partial charge in [-0.1, -0.05) is 24.6 Å². The highest BCUT2D eigenvalue weighted by Crippen LogP contribution is 2.11. The molecule has 1 aromatic rings. The molecule has 0 spiro atoms. The molecule has 0 aliphatic rings. The average molecular weight is 280 g/mol. The number of hydrogen-bond acceptors (Lipinski definition) is 3. The van der Waals surface area contributed by atoms with Gasteiger partial charge in [-0.05, 0) is 31.9 Å². The number of urea groups is 1. The summed E-state index contributed by atoms with van der Waals surface area (Å²) >= 11 is 0. The van der Waals surface area contributed by atoms with E-state index in [2.05, 4.69) is 10.6 Å². The van der Waals surface area contributed by atoms with Crippen molar-refractivity contribution in [3.05, 3.63) is 29.8 Å². The van der Waals surface area contributed by atoms with Gasteiger partial charge in [0, 0.05) is 6.54 Å². The Morgan fingerprint density at radius 2 is 2.05 bits per heavy atom. The lowest BCUT2D eigenvalue weighted by Crippen LogP contribution is -2.43. The van der Waals surface area contributed by atoms with Gasteiger partial charge >= 0.3 is 6.03 Å². The number of aliphatic hydroxyl groups is 1. The van der Waals surface area contributed by atoms with Crippen LogP contribution in [0.25, 0.3) is 0 Å². The first-order valence-corrected chi connectivity index (χ1v) is 7.00. The number of aryl methyl sites for hydroxylation is 1. The molecule has 0 saturated heterocycles. The minimum atomic E-state index is -0.249. The van der Waals surface area contributed by atoms with E-state index in [4.69, 9.17) is 9.84 Å². The molecule has 1 atom stereocenters. The summed E-state index contributed by atoms with van der Waals surface area (Å²) in [7, 11) is 0. The van der Waals surface area contributed by atoms with Gasteiger partial charge in [0.25, 0.3) is 0 Å². The van der Waals surface area contributed by atoms with Gasteiger partial charge in [0.15, 0.2) is 0 Å². The maximum Gasteiger partial charge on any atom is 0.315 e. The number of amides is 2. The standard InChI is InChI=1S/C15H24N2O3/c1-3-13(11-18)17-15(19)16-9-4-10-20-14-7-5-12(2)6-8-14/h5-8,13,18H,3-4,9-11H2,1-2H3,(H2,16,17,19). The first kappa shape index (κ1) is 16.3. The minimum absolute atomic E-state index is 0.0412. The fraction of sp³-hybridized carbons (Fsp3) is 0.533. The molecule has 2 amide bonds. The SMILES string of the molecule is CCC(CO)NC(=O)NCCCOc1ccc(C)cc1. The Labute approximate surface area is 120 Å². The summed E-state index contributed by atoms with van der Waals surface area (Å²) < 4.78 is 5.55. The average Bonchev–Trinajstić information content (AvgIpc) is 2.46. The van der Waals surface area contributed by atoms with E-state index in [0.717, 1.165) is 12.2 Å². The van der Waals surface area contributed by atoms with Crippen molar-refractivity contribution in [1.29, 1.82) is 0 Å². The molecule has 0 aliphatic carbocycles. The van der Waals surface area contributed by atoms with E-state index in [1.807, 2.05) is 38.1 Å². The number of rotatable bonds is 8. The normalized spacial score (nSPS) is 11.8. The van der Waals surface area contributed by atoms with Crippen LogP contribution < -0.4 is 15.4 Å². The smallest absolute Gasteiger partial charge is 0.315 e. The molecule has 0 aromatic heterocycles. The van der Waals surface area contributed by atoms with Gasteiger partial charge in [0.05, 0.1) is 19.3 Å². The molecule has 0 heterocycles. The number of nitrogens with one attached hydrogen (secondary N) is 2. The number of aliphatic hydroxyl groups excluding tert-OH is 1.